The first-order valence-corrected chi connectivity index (χ1v) is 7.35. The van der Waals surface area contributed by atoms with Crippen molar-refractivity contribution in [1.82, 2.24) is 5.32 Å². The lowest BCUT2D eigenvalue weighted by Crippen LogP contribution is -2.30. The molecule has 0 aliphatic heterocycles. The van der Waals surface area contributed by atoms with Crippen molar-refractivity contribution in [2.45, 2.75) is 18.9 Å². The summed E-state index contributed by atoms with van der Waals surface area (Å²) in [6, 6.07) is 17.3. The Morgan fingerprint density at radius 1 is 1.05 bits per heavy atom. The van der Waals surface area contributed by atoms with Gasteiger partial charge in [-0.2, -0.15) is 0 Å². The first kappa shape index (κ1) is 13.8. The van der Waals surface area contributed by atoms with E-state index in [1.807, 2.05) is 42.5 Å². The van der Waals surface area contributed by atoms with Crippen LogP contribution in [0.25, 0.3) is 11.1 Å². The topological polar surface area (TPSA) is 49.3 Å². The predicted molar refractivity (Wildman–Crippen MR) is 83.0 cm³/mol. The van der Waals surface area contributed by atoms with Crippen molar-refractivity contribution in [2.75, 3.05) is 6.54 Å². The molecule has 0 radical (unpaired) electrons. The molecule has 2 aromatic carbocycles. The first-order valence-electron chi connectivity index (χ1n) is 7.35. The van der Waals surface area contributed by atoms with Gasteiger partial charge in [0.2, 0.25) is 0 Å². The fourth-order valence-corrected chi connectivity index (χ4v) is 2.45. The van der Waals surface area contributed by atoms with E-state index in [9.17, 15) is 9.90 Å². The number of hydrogen-bond donors (Lipinski definition) is 2. The maximum absolute atomic E-state index is 11.4. The van der Waals surface area contributed by atoms with Gasteiger partial charge in [-0.05, 0) is 42.0 Å². The third-order valence-corrected chi connectivity index (χ3v) is 3.91. The van der Waals surface area contributed by atoms with E-state index >= 15 is 0 Å². The van der Waals surface area contributed by atoms with Crippen LogP contribution in [0.2, 0.25) is 0 Å². The Labute approximate surface area is 124 Å². The minimum absolute atomic E-state index is 0.615. The van der Waals surface area contributed by atoms with Crippen LogP contribution < -0.4 is 5.32 Å². The van der Waals surface area contributed by atoms with Crippen LogP contribution in [-0.2, 0) is 4.79 Å². The van der Waals surface area contributed by atoms with Crippen LogP contribution >= 0.6 is 0 Å². The summed E-state index contributed by atoms with van der Waals surface area (Å²) in [5, 5.41) is 12.5. The molecule has 21 heavy (non-hydrogen) atoms. The molecule has 0 bridgehead atoms. The summed E-state index contributed by atoms with van der Waals surface area (Å²) >= 11 is 0. The van der Waals surface area contributed by atoms with Crippen LogP contribution in [-0.4, -0.2) is 17.6 Å². The Morgan fingerprint density at radius 3 is 2.24 bits per heavy atom. The lowest BCUT2D eigenvalue weighted by Gasteiger charge is -2.15. The molecule has 1 fully saturated rings. The second kappa shape index (κ2) is 6.10. The number of aliphatic carboxylic acids is 1. The van der Waals surface area contributed by atoms with Gasteiger partial charge in [0.05, 0.1) is 0 Å². The lowest BCUT2D eigenvalue weighted by atomic mass is 10.0. The first-order chi connectivity index (χ1) is 10.2. The number of carboxylic acid groups (broad SMARTS) is 1. The molecule has 108 valence electrons. The average molecular weight is 281 g/mol. The number of carbonyl (C=O) groups is 1. The maximum Gasteiger partial charge on any atom is 0.325 e. The summed E-state index contributed by atoms with van der Waals surface area (Å²) in [5.41, 5.74) is 3.05. The van der Waals surface area contributed by atoms with Gasteiger partial charge < -0.3 is 10.4 Å². The SMILES string of the molecule is O=C(O)C(NCC1CC1)c1ccc(-c2ccccc2)cc1. The molecular weight excluding hydrogens is 262 g/mol. The highest BCUT2D eigenvalue weighted by atomic mass is 16.4. The van der Waals surface area contributed by atoms with Crippen LogP contribution in [0.3, 0.4) is 0 Å². The fourth-order valence-electron chi connectivity index (χ4n) is 2.45. The van der Waals surface area contributed by atoms with Crippen molar-refractivity contribution in [1.29, 1.82) is 0 Å². The van der Waals surface area contributed by atoms with Gasteiger partial charge >= 0.3 is 5.97 Å². The second-order valence-electron chi connectivity index (χ2n) is 5.61. The van der Waals surface area contributed by atoms with E-state index in [1.54, 1.807) is 0 Å². The number of benzene rings is 2. The lowest BCUT2D eigenvalue weighted by molar-refractivity contribution is -0.139. The van der Waals surface area contributed by atoms with Crippen molar-refractivity contribution in [2.24, 2.45) is 5.92 Å². The molecule has 3 heteroatoms. The minimum atomic E-state index is -0.817. The minimum Gasteiger partial charge on any atom is -0.480 e. The van der Waals surface area contributed by atoms with Crippen LogP contribution in [0.5, 0.6) is 0 Å². The molecule has 1 aliphatic carbocycles. The number of rotatable bonds is 6. The summed E-state index contributed by atoms with van der Waals surface area (Å²) < 4.78 is 0. The molecule has 0 amide bonds. The van der Waals surface area contributed by atoms with Crippen molar-refractivity contribution < 1.29 is 9.90 Å². The second-order valence-corrected chi connectivity index (χ2v) is 5.61. The molecule has 1 unspecified atom stereocenters. The Balaban J connectivity index is 1.76. The molecule has 3 nitrogen and oxygen atoms in total. The van der Waals surface area contributed by atoms with E-state index in [2.05, 4.69) is 17.4 Å². The van der Waals surface area contributed by atoms with Gasteiger partial charge in [-0.15, -0.1) is 0 Å². The van der Waals surface area contributed by atoms with Gasteiger partial charge in [0, 0.05) is 0 Å². The van der Waals surface area contributed by atoms with E-state index in [0.717, 1.165) is 23.2 Å². The zero-order valence-corrected chi connectivity index (χ0v) is 11.8. The predicted octanol–water partition coefficient (Wildman–Crippen LogP) is 3.48. The number of hydrogen-bond acceptors (Lipinski definition) is 2. The molecule has 2 aromatic rings. The van der Waals surface area contributed by atoms with E-state index in [1.165, 1.54) is 12.8 Å². The Morgan fingerprint density at radius 2 is 1.67 bits per heavy atom. The number of nitrogens with one attached hydrogen (secondary N) is 1. The van der Waals surface area contributed by atoms with E-state index < -0.39 is 12.0 Å². The molecular formula is C18H19NO2. The highest BCUT2D eigenvalue weighted by molar-refractivity contribution is 5.76. The smallest absolute Gasteiger partial charge is 0.325 e. The molecule has 0 saturated heterocycles. The highest BCUT2D eigenvalue weighted by Gasteiger charge is 2.25. The van der Waals surface area contributed by atoms with Crippen molar-refractivity contribution in [3.63, 3.8) is 0 Å². The largest absolute Gasteiger partial charge is 0.480 e. The average Bonchev–Trinajstić information content (AvgIpc) is 3.33. The monoisotopic (exact) mass is 281 g/mol. The zero-order valence-electron chi connectivity index (χ0n) is 11.8. The molecule has 0 heterocycles. The Bertz CT molecular complexity index is 603. The summed E-state index contributed by atoms with van der Waals surface area (Å²) in [6.45, 7) is 0.789. The summed E-state index contributed by atoms with van der Waals surface area (Å²) in [6.07, 6.45) is 2.43. The van der Waals surface area contributed by atoms with Gasteiger partial charge in [-0.3, -0.25) is 4.79 Å². The molecule has 1 saturated carbocycles. The zero-order chi connectivity index (χ0) is 14.7. The van der Waals surface area contributed by atoms with E-state index in [0.29, 0.717) is 5.92 Å². The van der Waals surface area contributed by atoms with Crippen LogP contribution in [0.15, 0.2) is 54.6 Å². The molecule has 1 atom stereocenters. The third kappa shape index (κ3) is 3.50. The van der Waals surface area contributed by atoms with Gasteiger partial charge in [0.25, 0.3) is 0 Å². The van der Waals surface area contributed by atoms with E-state index in [-0.39, 0.29) is 0 Å². The molecule has 1 aliphatic rings. The highest BCUT2D eigenvalue weighted by Crippen LogP contribution is 2.29. The Kier molecular flexibility index (Phi) is 4.02. The van der Waals surface area contributed by atoms with Gasteiger partial charge in [-0.25, -0.2) is 0 Å². The number of carboxylic acids is 1. The van der Waals surface area contributed by atoms with Gasteiger partial charge in [-0.1, -0.05) is 54.6 Å². The summed E-state index contributed by atoms with van der Waals surface area (Å²) in [7, 11) is 0. The normalized spacial score (nSPS) is 15.6. The molecule has 3 rings (SSSR count). The molecule has 0 aromatic heterocycles. The van der Waals surface area contributed by atoms with Crippen molar-refractivity contribution in [3.05, 3.63) is 60.2 Å². The standard InChI is InChI=1S/C18H19NO2/c20-18(21)17(19-12-13-6-7-13)16-10-8-15(9-11-16)14-4-2-1-3-5-14/h1-5,8-11,13,17,19H,6-7,12H2,(H,20,21). The van der Waals surface area contributed by atoms with Crippen molar-refractivity contribution >= 4 is 5.97 Å². The van der Waals surface area contributed by atoms with Crippen LogP contribution in [0.1, 0.15) is 24.4 Å². The van der Waals surface area contributed by atoms with Crippen molar-refractivity contribution in [3.8, 4) is 11.1 Å². The third-order valence-electron chi connectivity index (χ3n) is 3.91. The fraction of sp³-hybridized carbons (Fsp3) is 0.278. The van der Waals surface area contributed by atoms with Crippen LogP contribution in [0.4, 0.5) is 0 Å². The summed E-state index contributed by atoms with van der Waals surface area (Å²) in [4.78, 5) is 11.4. The van der Waals surface area contributed by atoms with Gasteiger partial charge in [0.1, 0.15) is 6.04 Å². The molecule has 2 N–H and O–H groups in total. The van der Waals surface area contributed by atoms with Crippen LogP contribution in [0, 0.1) is 5.92 Å². The van der Waals surface area contributed by atoms with E-state index in [4.69, 9.17) is 0 Å². The Hall–Kier alpha value is -2.13. The molecule has 0 spiro atoms. The van der Waals surface area contributed by atoms with Gasteiger partial charge in [0.15, 0.2) is 0 Å². The maximum atomic E-state index is 11.4. The summed E-state index contributed by atoms with van der Waals surface area (Å²) in [5.74, 6) is -0.154. The quantitative estimate of drug-likeness (QED) is 0.852.